The molecule has 1 aliphatic rings. The van der Waals surface area contributed by atoms with Gasteiger partial charge in [0.05, 0.1) is 11.9 Å². The number of rotatable bonds is 4. The molecule has 1 fully saturated rings. The molecule has 3 heterocycles. The van der Waals surface area contributed by atoms with Crippen LogP contribution in [0.15, 0.2) is 24.8 Å². The summed E-state index contributed by atoms with van der Waals surface area (Å²) in [4.78, 5) is 30.4. The Morgan fingerprint density at radius 2 is 2.30 bits per heavy atom. The summed E-state index contributed by atoms with van der Waals surface area (Å²) < 4.78 is 0. The quantitative estimate of drug-likeness (QED) is 0.940. The number of likely N-dealkylation sites (tertiary alicyclic amines) is 1. The normalized spacial score (nSPS) is 18.4. The van der Waals surface area contributed by atoms with Gasteiger partial charge < -0.3 is 9.88 Å². The van der Waals surface area contributed by atoms with Gasteiger partial charge in [-0.3, -0.25) is 9.78 Å². The molecule has 0 saturated carbocycles. The number of amides is 1. The van der Waals surface area contributed by atoms with Crippen molar-refractivity contribution in [1.82, 2.24) is 24.8 Å². The lowest BCUT2D eigenvalue weighted by atomic mass is 9.93. The van der Waals surface area contributed by atoms with E-state index in [2.05, 4.69) is 19.9 Å². The second-order valence-electron chi connectivity index (χ2n) is 6.48. The van der Waals surface area contributed by atoms with E-state index < -0.39 is 0 Å². The van der Waals surface area contributed by atoms with Crippen LogP contribution in [0, 0.1) is 11.8 Å². The molecular formula is C17H23N5O. The van der Waals surface area contributed by atoms with Crippen molar-refractivity contribution in [3.8, 4) is 11.5 Å². The van der Waals surface area contributed by atoms with Gasteiger partial charge in [0.15, 0.2) is 5.82 Å². The minimum absolute atomic E-state index is 0.0656. The van der Waals surface area contributed by atoms with E-state index >= 15 is 0 Å². The van der Waals surface area contributed by atoms with Gasteiger partial charge in [0, 0.05) is 37.6 Å². The monoisotopic (exact) mass is 313 g/mol. The van der Waals surface area contributed by atoms with E-state index in [0.29, 0.717) is 5.92 Å². The first-order valence-electron chi connectivity index (χ1n) is 8.23. The molecule has 1 N–H and O–H groups in total. The van der Waals surface area contributed by atoms with E-state index in [1.54, 1.807) is 18.6 Å². The zero-order valence-electron chi connectivity index (χ0n) is 13.7. The van der Waals surface area contributed by atoms with Gasteiger partial charge in [-0.2, -0.15) is 0 Å². The number of H-pyrrole nitrogens is 1. The van der Waals surface area contributed by atoms with Crippen LogP contribution in [0.1, 0.15) is 32.4 Å². The molecule has 122 valence electrons. The Labute approximate surface area is 136 Å². The van der Waals surface area contributed by atoms with Gasteiger partial charge in [-0.05, 0) is 25.2 Å². The number of carbonyl (C=O) groups excluding carboxylic acids is 1. The molecule has 1 aliphatic heterocycles. The van der Waals surface area contributed by atoms with Crippen molar-refractivity contribution < 1.29 is 4.79 Å². The van der Waals surface area contributed by atoms with Crippen LogP contribution in [0.4, 0.5) is 0 Å². The molecule has 6 nitrogen and oxygen atoms in total. The van der Waals surface area contributed by atoms with Gasteiger partial charge in [0.1, 0.15) is 5.69 Å². The number of piperidine rings is 1. The molecule has 1 amide bonds. The molecule has 0 spiro atoms. The summed E-state index contributed by atoms with van der Waals surface area (Å²) in [5, 5.41) is 0. The summed E-state index contributed by atoms with van der Waals surface area (Å²) in [6.07, 6.45) is 10.1. The maximum Gasteiger partial charge on any atom is 0.225 e. The number of hydrogen-bond acceptors (Lipinski definition) is 4. The topological polar surface area (TPSA) is 74.8 Å². The summed E-state index contributed by atoms with van der Waals surface area (Å²) >= 11 is 0. The molecule has 1 saturated heterocycles. The molecule has 6 heteroatoms. The van der Waals surface area contributed by atoms with Crippen LogP contribution in [-0.2, 0) is 11.2 Å². The van der Waals surface area contributed by atoms with Crippen molar-refractivity contribution in [2.24, 2.45) is 11.8 Å². The predicted octanol–water partition coefficient (Wildman–Crippen LogP) is 2.30. The lowest BCUT2D eigenvalue weighted by Gasteiger charge is -2.33. The van der Waals surface area contributed by atoms with Crippen LogP contribution in [0.5, 0.6) is 0 Å². The minimum atomic E-state index is 0.0656. The van der Waals surface area contributed by atoms with Crippen LogP contribution in [-0.4, -0.2) is 43.8 Å². The molecule has 0 bridgehead atoms. The van der Waals surface area contributed by atoms with Gasteiger partial charge in [0.25, 0.3) is 0 Å². The molecule has 3 rings (SSSR count). The molecule has 23 heavy (non-hydrogen) atoms. The summed E-state index contributed by atoms with van der Waals surface area (Å²) in [5.41, 5.74) is 1.72. The summed E-state index contributed by atoms with van der Waals surface area (Å²) in [7, 11) is 0. The Morgan fingerprint density at radius 3 is 3.04 bits per heavy atom. The Bertz CT molecular complexity index is 653. The smallest absolute Gasteiger partial charge is 0.225 e. The number of aromatic amines is 1. The van der Waals surface area contributed by atoms with E-state index in [0.717, 1.165) is 49.6 Å². The predicted molar refractivity (Wildman–Crippen MR) is 87.5 cm³/mol. The zero-order chi connectivity index (χ0) is 16.2. The average Bonchev–Trinajstić information content (AvgIpc) is 3.09. The molecule has 0 unspecified atom stereocenters. The Kier molecular flexibility index (Phi) is 4.69. The van der Waals surface area contributed by atoms with Crippen molar-refractivity contribution in [2.75, 3.05) is 13.1 Å². The SMILES string of the molecule is CC(C)C(=O)N1CCC[C@H](Cc2cncc(-c3ncc[nH]3)n2)C1. The first-order valence-corrected chi connectivity index (χ1v) is 8.23. The number of nitrogens with zero attached hydrogens (tertiary/aromatic N) is 4. The highest BCUT2D eigenvalue weighted by Crippen LogP contribution is 2.22. The maximum absolute atomic E-state index is 12.2. The molecule has 0 aliphatic carbocycles. The van der Waals surface area contributed by atoms with E-state index in [1.807, 2.05) is 24.9 Å². The first kappa shape index (κ1) is 15.6. The van der Waals surface area contributed by atoms with Gasteiger partial charge in [-0.25, -0.2) is 9.97 Å². The zero-order valence-corrected chi connectivity index (χ0v) is 13.7. The fourth-order valence-corrected chi connectivity index (χ4v) is 3.12. The Balaban J connectivity index is 1.67. The number of nitrogens with one attached hydrogen (secondary N) is 1. The second-order valence-corrected chi connectivity index (χ2v) is 6.48. The molecule has 0 aromatic carbocycles. The minimum Gasteiger partial charge on any atom is -0.343 e. The van der Waals surface area contributed by atoms with Crippen molar-refractivity contribution >= 4 is 5.91 Å². The van der Waals surface area contributed by atoms with Crippen LogP contribution >= 0.6 is 0 Å². The highest BCUT2D eigenvalue weighted by molar-refractivity contribution is 5.78. The molecular weight excluding hydrogens is 290 g/mol. The van der Waals surface area contributed by atoms with Crippen LogP contribution in [0.25, 0.3) is 11.5 Å². The van der Waals surface area contributed by atoms with Crippen molar-refractivity contribution in [3.63, 3.8) is 0 Å². The Hall–Kier alpha value is -2.24. The standard InChI is InChI=1S/C17H23N5O/c1-12(2)17(23)22-7-3-4-13(11-22)8-14-9-18-10-15(21-14)16-19-5-6-20-16/h5-6,9-10,12-13H,3-4,7-8,11H2,1-2H3,(H,19,20)/t13-/m1/s1. The fraction of sp³-hybridized carbons (Fsp3) is 0.529. The van der Waals surface area contributed by atoms with Crippen molar-refractivity contribution in [1.29, 1.82) is 0 Å². The lowest BCUT2D eigenvalue weighted by molar-refractivity contribution is -0.136. The maximum atomic E-state index is 12.2. The van der Waals surface area contributed by atoms with Crippen LogP contribution < -0.4 is 0 Å². The molecule has 2 aromatic heterocycles. The largest absolute Gasteiger partial charge is 0.343 e. The third-order valence-electron chi connectivity index (χ3n) is 4.25. The molecule has 0 radical (unpaired) electrons. The van der Waals surface area contributed by atoms with Gasteiger partial charge in [0.2, 0.25) is 5.91 Å². The number of hydrogen-bond donors (Lipinski definition) is 1. The van der Waals surface area contributed by atoms with E-state index in [4.69, 9.17) is 0 Å². The lowest BCUT2D eigenvalue weighted by Crippen LogP contribution is -2.42. The van der Waals surface area contributed by atoms with E-state index in [9.17, 15) is 4.79 Å². The third-order valence-corrected chi connectivity index (χ3v) is 4.25. The summed E-state index contributed by atoms with van der Waals surface area (Å²) in [6, 6.07) is 0. The summed E-state index contributed by atoms with van der Waals surface area (Å²) in [6.45, 7) is 5.63. The van der Waals surface area contributed by atoms with Gasteiger partial charge >= 0.3 is 0 Å². The van der Waals surface area contributed by atoms with Gasteiger partial charge in [-0.1, -0.05) is 13.8 Å². The van der Waals surface area contributed by atoms with Crippen molar-refractivity contribution in [2.45, 2.75) is 33.1 Å². The fourth-order valence-electron chi connectivity index (χ4n) is 3.12. The number of aromatic nitrogens is 4. The number of carbonyl (C=O) groups is 1. The number of imidazole rings is 1. The second kappa shape index (κ2) is 6.89. The molecule has 2 aromatic rings. The third kappa shape index (κ3) is 3.75. The van der Waals surface area contributed by atoms with Crippen molar-refractivity contribution in [3.05, 3.63) is 30.5 Å². The molecule has 1 atom stereocenters. The van der Waals surface area contributed by atoms with E-state index in [1.165, 1.54) is 0 Å². The van der Waals surface area contributed by atoms with E-state index in [-0.39, 0.29) is 11.8 Å². The van der Waals surface area contributed by atoms with Crippen LogP contribution in [0.3, 0.4) is 0 Å². The van der Waals surface area contributed by atoms with Crippen LogP contribution in [0.2, 0.25) is 0 Å². The highest BCUT2D eigenvalue weighted by atomic mass is 16.2. The Morgan fingerprint density at radius 1 is 1.43 bits per heavy atom. The highest BCUT2D eigenvalue weighted by Gasteiger charge is 2.25. The average molecular weight is 313 g/mol. The van der Waals surface area contributed by atoms with Gasteiger partial charge in [-0.15, -0.1) is 0 Å². The first-order chi connectivity index (χ1) is 11.1. The summed E-state index contributed by atoms with van der Waals surface area (Å²) in [5.74, 6) is 1.51.